The average molecular weight is 251 g/mol. The third-order valence-corrected chi connectivity index (χ3v) is 2.83. The van der Waals surface area contributed by atoms with Crippen LogP contribution in [0.1, 0.15) is 32.3 Å². The van der Waals surface area contributed by atoms with E-state index in [9.17, 15) is 0 Å². The Balaban J connectivity index is 2.58. The molecule has 0 saturated heterocycles. The van der Waals surface area contributed by atoms with Crippen LogP contribution in [0.25, 0.3) is 0 Å². The van der Waals surface area contributed by atoms with Gasteiger partial charge in [-0.2, -0.15) is 0 Å². The highest BCUT2D eigenvalue weighted by Crippen LogP contribution is 2.10. The zero-order valence-corrected chi connectivity index (χ0v) is 11.5. The van der Waals surface area contributed by atoms with Crippen molar-refractivity contribution < 1.29 is 5.11 Å². The summed E-state index contributed by atoms with van der Waals surface area (Å²) in [5, 5.41) is 12.3. The van der Waals surface area contributed by atoms with Crippen molar-refractivity contribution in [1.29, 1.82) is 0 Å². The van der Waals surface area contributed by atoms with E-state index in [4.69, 9.17) is 5.11 Å². The average Bonchev–Trinajstić information content (AvgIpc) is 2.37. The van der Waals surface area contributed by atoms with Gasteiger partial charge in [-0.05, 0) is 37.6 Å². The predicted octanol–water partition coefficient (Wildman–Crippen LogP) is 2.11. The standard InChI is InChI=1S/C14H25N3O/c1-3-5-8-17(9-10-18)12-13-6-7-16-14(11-13)15-4-2/h6-7,11,18H,3-5,8-10,12H2,1-2H3,(H,15,16). The summed E-state index contributed by atoms with van der Waals surface area (Å²) in [6, 6.07) is 4.12. The zero-order chi connectivity index (χ0) is 13.2. The van der Waals surface area contributed by atoms with Gasteiger partial charge in [0, 0.05) is 25.8 Å². The van der Waals surface area contributed by atoms with E-state index < -0.39 is 0 Å². The Morgan fingerprint density at radius 1 is 1.33 bits per heavy atom. The molecule has 0 bridgehead atoms. The molecule has 2 N–H and O–H groups in total. The second-order valence-corrected chi connectivity index (χ2v) is 4.43. The molecule has 18 heavy (non-hydrogen) atoms. The van der Waals surface area contributed by atoms with Gasteiger partial charge in [0.1, 0.15) is 5.82 Å². The molecule has 1 aromatic rings. The van der Waals surface area contributed by atoms with Crippen LogP contribution in [0.3, 0.4) is 0 Å². The maximum Gasteiger partial charge on any atom is 0.126 e. The Kier molecular flexibility index (Phi) is 7.37. The summed E-state index contributed by atoms with van der Waals surface area (Å²) in [5.41, 5.74) is 1.24. The number of nitrogens with zero attached hydrogens (tertiary/aromatic N) is 2. The van der Waals surface area contributed by atoms with Crippen LogP contribution in [0.4, 0.5) is 5.82 Å². The second kappa shape index (κ2) is 8.89. The fourth-order valence-corrected chi connectivity index (χ4v) is 1.90. The van der Waals surface area contributed by atoms with Crippen LogP contribution in [0, 0.1) is 0 Å². The Morgan fingerprint density at radius 3 is 2.83 bits per heavy atom. The summed E-state index contributed by atoms with van der Waals surface area (Å²) >= 11 is 0. The molecule has 1 rings (SSSR count). The predicted molar refractivity (Wildman–Crippen MR) is 75.7 cm³/mol. The summed E-state index contributed by atoms with van der Waals surface area (Å²) in [4.78, 5) is 6.55. The first-order chi connectivity index (χ1) is 8.80. The molecule has 0 radical (unpaired) electrons. The van der Waals surface area contributed by atoms with Crippen LogP contribution >= 0.6 is 0 Å². The molecule has 0 aliphatic rings. The minimum atomic E-state index is 0.217. The van der Waals surface area contributed by atoms with Crippen LogP contribution < -0.4 is 5.32 Å². The van der Waals surface area contributed by atoms with Gasteiger partial charge in [0.25, 0.3) is 0 Å². The van der Waals surface area contributed by atoms with Crippen LogP contribution in [0.15, 0.2) is 18.3 Å². The number of aliphatic hydroxyl groups excluding tert-OH is 1. The van der Waals surface area contributed by atoms with E-state index in [2.05, 4.69) is 35.1 Å². The third kappa shape index (κ3) is 5.47. The Morgan fingerprint density at radius 2 is 2.17 bits per heavy atom. The number of hydrogen-bond acceptors (Lipinski definition) is 4. The Bertz CT molecular complexity index is 331. The maximum atomic E-state index is 9.09. The lowest BCUT2D eigenvalue weighted by Gasteiger charge is -2.21. The molecule has 0 aliphatic carbocycles. The first kappa shape index (κ1) is 14.9. The van der Waals surface area contributed by atoms with Crippen molar-refractivity contribution in [3.63, 3.8) is 0 Å². The van der Waals surface area contributed by atoms with Crippen LogP contribution in [-0.4, -0.2) is 41.2 Å². The van der Waals surface area contributed by atoms with Gasteiger partial charge in [-0.3, -0.25) is 4.90 Å². The molecule has 1 heterocycles. The van der Waals surface area contributed by atoms with Crippen molar-refractivity contribution in [3.8, 4) is 0 Å². The second-order valence-electron chi connectivity index (χ2n) is 4.43. The molecule has 0 saturated carbocycles. The molecular formula is C14H25N3O. The first-order valence-corrected chi connectivity index (χ1v) is 6.82. The molecule has 0 spiro atoms. The van der Waals surface area contributed by atoms with Crippen molar-refractivity contribution in [3.05, 3.63) is 23.9 Å². The highest BCUT2D eigenvalue weighted by molar-refractivity contribution is 5.37. The zero-order valence-electron chi connectivity index (χ0n) is 11.5. The van der Waals surface area contributed by atoms with Gasteiger partial charge in [0.15, 0.2) is 0 Å². The first-order valence-electron chi connectivity index (χ1n) is 6.82. The molecule has 1 aromatic heterocycles. The van der Waals surface area contributed by atoms with Crippen molar-refractivity contribution in [1.82, 2.24) is 9.88 Å². The Labute approximate surface area is 110 Å². The van der Waals surface area contributed by atoms with Gasteiger partial charge < -0.3 is 10.4 Å². The van der Waals surface area contributed by atoms with Gasteiger partial charge in [-0.1, -0.05) is 13.3 Å². The number of aromatic nitrogens is 1. The molecule has 0 unspecified atom stereocenters. The summed E-state index contributed by atoms with van der Waals surface area (Å²) in [6.07, 6.45) is 4.19. The Hall–Kier alpha value is -1.13. The monoisotopic (exact) mass is 251 g/mol. The van der Waals surface area contributed by atoms with Gasteiger partial charge in [-0.25, -0.2) is 4.98 Å². The molecule has 4 nitrogen and oxygen atoms in total. The van der Waals surface area contributed by atoms with Crippen LogP contribution in [0.2, 0.25) is 0 Å². The molecule has 0 fully saturated rings. The van der Waals surface area contributed by atoms with E-state index in [1.54, 1.807) is 0 Å². The largest absolute Gasteiger partial charge is 0.395 e. The molecule has 0 atom stereocenters. The van der Waals surface area contributed by atoms with Crippen LogP contribution in [0.5, 0.6) is 0 Å². The number of anilines is 1. The van der Waals surface area contributed by atoms with E-state index in [1.165, 1.54) is 18.4 Å². The fourth-order valence-electron chi connectivity index (χ4n) is 1.90. The molecule has 0 amide bonds. The minimum Gasteiger partial charge on any atom is -0.395 e. The van der Waals surface area contributed by atoms with E-state index >= 15 is 0 Å². The summed E-state index contributed by atoms with van der Waals surface area (Å²) < 4.78 is 0. The van der Waals surface area contributed by atoms with E-state index in [0.717, 1.165) is 32.0 Å². The molecule has 0 aliphatic heterocycles. The molecule has 0 aromatic carbocycles. The quantitative estimate of drug-likeness (QED) is 0.705. The highest BCUT2D eigenvalue weighted by atomic mass is 16.3. The number of unbranched alkanes of at least 4 members (excludes halogenated alkanes) is 1. The van der Waals surface area contributed by atoms with Gasteiger partial charge in [-0.15, -0.1) is 0 Å². The van der Waals surface area contributed by atoms with Crippen LogP contribution in [-0.2, 0) is 6.54 Å². The molecule has 4 heteroatoms. The number of aliphatic hydroxyl groups is 1. The van der Waals surface area contributed by atoms with Crippen molar-refractivity contribution in [2.45, 2.75) is 33.2 Å². The van der Waals surface area contributed by atoms with Crippen molar-refractivity contribution in [2.24, 2.45) is 0 Å². The lowest BCUT2D eigenvalue weighted by molar-refractivity contribution is 0.188. The van der Waals surface area contributed by atoms with Gasteiger partial charge >= 0.3 is 0 Å². The fraction of sp³-hybridized carbons (Fsp3) is 0.643. The maximum absolute atomic E-state index is 9.09. The van der Waals surface area contributed by atoms with E-state index in [0.29, 0.717) is 0 Å². The molecule has 102 valence electrons. The lowest BCUT2D eigenvalue weighted by Crippen LogP contribution is -2.27. The number of nitrogens with one attached hydrogen (secondary N) is 1. The summed E-state index contributed by atoms with van der Waals surface area (Å²) in [5.74, 6) is 0.925. The summed E-state index contributed by atoms with van der Waals surface area (Å²) in [6.45, 7) is 8.00. The van der Waals surface area contributed by atoms with Crippen molar-refractivity contribution in [2.75, 3.05) is 31.6 Å². The highest BCUT2D eigenvalue weighted by Gasteiger charge is 2.05. The number of rotatable bonds is 9. The van der Waals surface area contributed by atoms with E-state index in [1.807, 2.05) is 12.3 Å². The number of hydrogen-bond donors (Lipinski definition) is 2. The normalized spacial score (nSPS) is 10.9. The number of pyridine rings is 1. The lowest BCUT2D eigenvalue weighted by atomic mass is 10.2. The minimum absolute atomic E-state index is 0.217. The molecular weight excluding hydrogens is 226 g/mol. The third-order valence-electron chi connectivity index (χ3n) is 2.83. The van der Waals surface area contributed by atoms with Gasteiger partial charge in [0.2, 0.25) is 0 Å². The van der Waals surface area contributed by atoms with E-state index in [-0.39, 0.29) is 6.61 Å². The topological polar surface area (TPSA) is 48.4 Å². The summed E-state index contributed by atoms with van der Waals surface area (Å²) in [7, 11) is 0. The van der Waals surface area contributed by atoms with Crippen molar-refractivity contribution >= 4 is 5.82 Å². The SMILES string of the molecule is CCCCN(CCO)Cc1ccnc(NCC)c1. The van der Waals surface area contributed by atoms with Gasteiger partial charge in [0.05, 0.1) is 6.61 Å². The smallest absolute Gasteiger partial charge is 0.126 e.